The summed E-state index contributed by atoms with van der Waals surface area (Å²) in [7, 11) is -3.24. The Morgan fingerprint density at radius 1 is 1.24 bits per heavy atom. The summed E-state index contributed by atoms with van der Waals surface area (Å²) in [6.07, 6.45) is 0. The summed E-state index contributed by atoms with van der Waals surface area (Å²) in [6, 6.07) is 7.42. The maximum atomic E-state index is 11.9. The lowest BCUT2D eigenvalue weighted by Gasteiger charge is -2.07. The van der Waals surface area contributed by atoms with Crippen molar-refractivity contribution >= 4 is 38.8 Å². The van der Waals surface area contributed by atoms with Crippen molar-refractivity contribution in [2.24, 2.45) is 0 Å². The number of nitrogens with two attached hydrogens (primary N) is 1. The van der Waals surface area contributed by atoms with E-state index in [1.807, 2.05) is 41.9 Å². The number of hydrogen-bond acceptors (Lipinski definition) is 5. The van der Waals surface area contributed by atoms with E-state index in [1.165, 1.54) is 11.8 Å². The van der Waals surface area contributed by atoms with Crippen molar-refractivity contribution in [2.45, 2.75) is 18.4 Å². The van der Waals surface area contributed by atoms with Gasteiger partial charge in [-0.2, -0.15) is 11.3 Å². The first-order valence-corrected chi connectivity index (χ1v) is 10.0. The smallest absolute Gasteiger partial charge is 0.212 e. The van der Waals surface area contributed by atoms with Crippen molar-refractivity contribution in [3.63, 3.8) is 0 Å². The highest BCUT2D eigenvalue weighted by Gasteiger charge is 2.11. The van der Waals surface area contributed by atoms with Gasteiger partial charge in [0, 0.05) is 22.9 Å². The molecule has 2 rings (SSSR count). The van der Waals surface area contributed by atoms with Gasteiger partial charge in [-0.1, -0.05) is 0 Å². The van der Waals surface area contributed by atoms with Crippen LogP contribution in [0.3, 0.4) is 0 Å². The van der Waals surface area contributed by atoms with Gasteiger partial charge in [-0.05, 0) is 53.1 Å². The first-order chi connectivity index (χ1) is 9.96. The topological polar surface area (TPSA) is 72.2 Å². The van der Waals surface area contributed by atoms with Gasteiger partial charge in [-0.25, -0.2) is 13.1 Å². The van der Waals surface area contributed by atoms with E-state index in [1.54, 1.807) is 11.3 Å². The Morgan fingerprint density at radius 2 is 1.95 bits per heavy atom. The van der Waals surface area contributed by atoms with Gasteiger partial charge in [-0.15, -0.1) is 11.8 Å². The molecule has 114 valence electrons. The molecule has 2 aromatic rings. The Kier molecular flexibility index (Phi) is 5.69. The SMILES string of the molecule is Cc1cscc1CNS(=O)(=O)CCSc1ccc(N)cc1. The average Bonchev–Trinajstić information content (AvgIpc) is 2.84. The van der Waals surface area contributed by atoms with Crippen LogP contribution in [-0.2, 0) is 16.6 Å². The van der Waals surface area contributed by atoms with Crippen molar-refractivity contribution in [3.8, 4) is 0 Å². The van der Waals surface area contributed by atoms with E-state index < -0.39 is 10.0 Å². The lowest BCUT2D eigenvalue weighted by atomic mass is 10.2. The quantitative estimate of drug-likeness (QED) is 0.599. The molecule has 0 fully saturated rings. The summed E-state index contributed by atoms with van der Waals surface area (Å²) in [5.41, 5.74) is 8.48. The molecule has 0 atom stereocenters. The summed E-state index contributed by atoms with van der Waals surface area (Å²) in [5.74, 6) is 0.618. The third-order valence-electron chi connectivity index (χ3n) is 2.95. The molecule has 1 heterocycles. The summed E-state index contributed by atoms with van der Waals surface area (Å²) < 4.78 is 26.5. The molecule has 0 saturated heterocycles. The fourth-order valence-corrected chi connectivity index (χ4v) is 4.81. The van der Waals surface area contributed by atoms with Crippen LogP contribution in [0.4, 0.5) is 5.69 Å². The van der Waals surface area contributed by atoms with Crippen LogP contribution in [0.1, 0.15) is 11.1 Å². The van der Waals surface area contributed by atoms with E-state index in [-0.39, 0.29) is 5.75 Å². The van der Waals surface area contributed by atoms with Crippen LogP contribution in [0.2, 0.25) is 0 Å². The zero-order chi connectivity index (χ0) is 15.3. The molecule has 0 aliphatic carbocycles. The van der Waals surface area contributed by atoms with Gasteiger partial charge in [0.25, 0.3) is 0 Å². The fraction of sp³-hybridized carbons (Fsp3) is 0.286. The lowest BCUT2D eigenvalue weighted by Crippen LogP contribution is -2.26. The molecule has 3 N–H and O–H groups in total. The van der Waals surface area contributed by atoms with Crippen LogP contribution in [0.15, 0.2) is 39.9 Å². The molecule has 0 amide bonds. The number of hydrogen-bond donors (Lipinski definition) is 2. The molecule has 0 aliphatic heterocycles. The second-order valence-electron chi connectivity index (χ2n) is 4.64. The Hall–Kier alpha value is -1.02. The van der Waals surface area contributed by atoms with Gasteiger partial charge in [0.05, 0.1) is 5.75 Å². The minimum atomic E-state index is -3.24. The van der Waals surface area contributed by atoms with E-state index in [9.17, 15) is 8.42 Å². The Morgan fingerprint density at radius 3 is 2.57 bits per heavy atom. The van der Waals surface area contributed by atoms with Crippen LogP contribution in [0, 0.1) is 6.92 Å². The van der Waals surface area contributed by atoms with Gasteiger partial charge in [0.15, 0.2) is 0 Å². The molecular formula is C14H18N2O2S3. The maximum Gasteiger partial charge on any atom is 0.212 e. The molecule has 0 spiro atoms. The zero-order valence-electron chi connectivity index (χ0n) is 11.7. The van der Waals surface area contributed by atoms with Crippen LogP contribution in [0.5, 0.6) is 0 Å². The Bertz CT molecular complexity index is 678. The van der Waals surface area contributed by atoms with E-state index in [0.29, 0.717) is 18.0 Å². The van der Waals surface area contributed by atoms with E-state index in [4.69, 9.17) is 5.73 Å². The number of nitrogen functional groups attached to an aromatic ring is 1. The summed E-state index contributed by atoms with van der Waals surface area (Å²) in [4.78, 5) is 1.02. The van der Waals surface area contributed by atoms with Crippen molar-refractivity contribution < 1.29 is 8.42 Å². The van der Waals surface area contributed by atoms with Gasteiger partial charge < -0.3 is 5.73 Å². The molecule has 0 radical (unpaired) electrons. The molecule has 0 unspecified atom stereocenters. The van der Waals surface area contributed by atoms with E-state index >= 15 is 0 Å². The third kappa shape index (κ3) is 5.35. The molecule has 4 nitrogen and oxygen atoms in total. The first-order valence-electron chi connectivity index (χ1n) is 6.43. The van der Waals surface area contributed by atoms with Crippen molar-refractivity contribution in [3.05, 3.63) is 46.2 Å². The first kappa shape index (κ1) is 16.4. The largest absolute Gasteiger partial charge is 0.399 e. The van der Waals surface area contributed by atoms with Crippen LogP contribution < -0.4 is 10.5 Å². The minimum Gasteiger partial charge on any atom is -0.399 e. The summed E-state index contributed by atoms with van der Waals surface area (Å²) >= 11 is 3.09. The average molecular weight is 343 g/mol. The highest BCUT2D eigenvalue weighted by atomic mass is 32.2. The molecular weight excluding hydrogens is 324 g/mol. The zero-order valence-corrected chi connectivity index (χ0v) is 14.2. The number of sulfonamides is 1. The van der Waals surface area contributed by atoms with Crippen molar-refractivity contribution in [1.82, 2.24) is 4.72 Å². The minimum absolute atomic E-state index is 0.102. The number of benzene rings is 1. The highest BCUT2D eigenvalue weighted by Crippen LogP contribution is 2.19. The maximum absolute atomic E-state index is 11.9. The number of anilines is 1. The van der Waals surface area contributed by atoms with Crippen molar-refractivity contribution in [2.75, 3.05) is 17.2 Å². The van der Waals surface area contributed by atoms with Gasteiger partial charge in [0.2, 0.25) is 10.0 Å². The fourth-order valence-electron chi connectivity index (χ4n) is 1.66. The van der Waals surface area contributed by atoms with Gasteiger partial charge >= 0.3 is 0 Å². The molecule has 7 heteroatoms. The summed E-state index contributed by atoms with van der Waals surface area (Å²) in [6.45, 7) is 2.35. The van der Waals surface area contributed by atoms with E-state index in [2.05, 4.69) is 4.72 Å². The highest BCUT2D eigenvalue weighted by molar-refractivity contribution is 8.00. The third-order valence-corrected chi connectivity index (χ3v) is 6.45. The Labute approximate surface area is 133 Å². The lowest BCUT2D eigenvalue weighted by molar-refractivity contribution is 0.583. The predicted molar refractivity (Wildman–Crippen MR) is 91.3 cm³/mol. The molecule has 1 aromatic carbocycles. The second-order valence-corrected chi connectivity index (χ2v) is 8.48. The van der Waals surface area contributed by atoms with Gasteiger partial charge in [-0.3, -0.25) is 0 Å². The second kappa shape index (κ2) is 7.31. The summed E-state index contributed by atoms with van der Waals surface area (Å²) in [5, 5.41) is 3.99. The van der Waals surface area contributed by atoms with E-state index in [0.717, 1.165) is 16.0 Å². The number of thiophene rings is 1. The van der Waals surface area contributed by atoms with Crippen LogP contribution >= 0.6 is 23.1 Å². The van der Waals surface area contributed by atoms with Crippen LogP contribution in [0.25, 0.3) is 0 Å². The van der Waals surface area contributed by atoms with Crippen molar-refractivity contribution in [1.29, 1.82) is 0 Å². The molecule has 0 bridgehead atoms. The normalized spacial score (nSPS) is 11.7. The Balaban J connectivity index is 1.78. The number of thioether (sulfide) groups is 1. The number of rotatable bonds is 7. The number of nitrogens with one attached hydrogen (secondary N) is 1. The molecule has 1 aromatic heterocycles. The predicted octanol–water partition coefficient (Wildman–Crippen LogP) is 2.85. The van der Waals surface area contributed by atoms with Gasteiger partial charge in [0.1, 0.15) is 0 Å². The molecule has 0 aliphatic rings. The molecule has 0 saturated carbocycles. The monoisotopic (exact) mass is 342 g/mol. The number of aryl methyl sites for hydroxylation is 1. The molecule has 21 heavy (non-hydrogen) atoms. The standard InChI is InChI=1S/C14H18N2O2S3/c1-11-9-19-10-12(11)8-16-21(17,18)7-6-20-14-4-2-13(15)3-5-14/h2-5,9-10,16H,6-8,15H2,1H3. The van der Waals surface area contributed by atoms with Crippen LogP contribution in [-0.4, -0.2) is 19.9 Å².